The third kappa shape index (κ3) is 15.0. The maximum Gasteiger partial charge on any atom is 0.220 e. The molecule has 5 nitrogen and oxygen atoms in total. The molecule has 0 aromatic heterocycles. The lowest BCUT2D eigenvalue weighted by atomic mass is 10.0. The predicted molar refractivity (Wildman–Crippen MR) is 114 cm³/mol. The zero-order valence-electron chi connectivity index (χ0n) is 17.9. The minimum absolute atomic E-state index is 0.00878. The van der Waals surface area contributed by atoms with E-state index in [4.69, 9.17) is 10.8 Å². The van der Waals surface area contributed by atoms with Crippen LogP contribution in [0.1, 0.15) is 110 Å². The molecule has 0 heterocycles. The highest BCUT2D eigenvalue weighted by Crippen LogP contribution is 2.13. The molecule has 27 heavy (non-hydrogen) atoms. The highest BCUT2D eigenvalue weighted by atomic mass is 16.3. The molecule has 0 spiro atoms. The van der Waals surface area contributed by atoms with Gasteiger partial charge in [-0.05, 0) is 12.8 Å². The van der Waals surface area contributed by atoms with Crippen molar-refractivity contribution in [2.45, 2.75) is 128 Å². The van der Waals surface area contributed by atoms with Crippen molar-refractivity contribution >= 4 is 5.91 Å². The van der Waals surface area contributed by atoms with Gasteiger partial charge < -0.3 is 21.3 Å². The second kappa shape index (κ2) is 18.7. The lowest BCUT2D eigenvalue weighted by Crippen LogP contribution is -2.54. The number of hydrogen-bond acceptors (Lipinski definition) is 4. The molecule has 0 aromatic rings. The Labute approximate surface area is 167 Å². The van der Waals surface area contributed by atoms with Gasteiger partial charge in [-0.15, -0.1) is 0 Å². The van der Waals surface area contributed by atoms with Gasteiger partial charge in [-0.1, -0.05) is 90.9 Å². The standard InChI is InChI=1S/C22H46N2O3/c1-3-5-6-7-8-9-10-11-12-13-14-15-16-17-21(27)24-19(4-2)22(23)20(26)18-25/h19-20,22,25-26H,3-18,23H2,1-2H3,(H,24,27). The number of amides is 1. The number of aliphatic hydroxyl groups excluding tert-OH is 2. The van der Waals surface area contributed by atoms with E-state index in [1.54, 1.807) is 0 Å². The summed E-state index contributed by atoms with van der Waals surface area (Å²) >= 11 is 0. The minimum Gasteiger partial charge on any atom is -0.394 e. The van der Waals surface area contributed by atoms with E-state index in [2.05, 4.69) is 12.2 Å². The third-order valence-corrected chi connectivity index (χ3v) is 5.39. The molecular formula is C22H46N2O3. The summed E-state index contributed by atoms with van der Waals surface area (Å²) in [5.74, 6) is -0.00878. The van der Waals surface area contributed by atoms with Gasteiger partial charge in [-0.2, -0.15) is 0 Å². The molecule has 0 aliphatic rings. The van der Waals surface area contributed by atoms with Crippen LogP contribution in [0.5, 0.6) is 0 Å². The number of nitrogens with two attached hydrogens (primary N) is 1. The van der Waals surface area contributed by atoms with Crippen molar-refractivity contribution in [3.63, 3.8) is 0 Å². The van der Waals surface area contributed by atoms with Crippen molar-refractivity contribution < 1.29 is 15.0 Å². The lowest BCUT2D eigenvalue weighted by Gasteiger charge is -2.26. The number of hydrogen-bond donors (Lipinski definition) is 4. The predicted octanol–water partition coefficient (Wildman–Crippen LogP) is 4.04. The number of nitrogens with one attached hydrogen (secondary N) is 1. The largest absolute Gasteiger partial charge is 0.394 e. The van der Waals surface area contributed by atoms with Gasteiger partial charge in [0.25, 0.3) is 0 Å². The quantitative estimate of drug-likeness (QED) is 0.252. The Hall–Kier alpha value is -0.650. The Morgan fingerprint density at radius 2 is 1.30 bits per heavy atom. The van der Waals surface area contributed by atoms with E-state index in [-0.39, 0.29) is 18.6 Å². The average molecular weight is 387 g/mol. The molecule has 162 valence electrons. The summed E-state index contributed by atoms with van der Waals surface area (Å²) in [4.78, 5) is 12.0. The van der Waals surface area contributed by atoms with Crippen LogP contribution in [0.15, 0.2) is 0 Å². The molecule has 0 aliphatic heterocycles. The van der Waals surface area contributed by atoms with Gasteiger partial charge in [0.05, 0.1) is 18.8 Å². The van der Waals surface area contributed by atoms with Crippen LogP contribution < -0.4 is 11.1 Å². The number of aliphatic hydroxyl groups is 2. The van der Waals surface area contributed by atoms with Crippen molar-refractivity contribution in [1.82, 2.24) is 5.32 Å². The smallest absolute Gasteiger partial charge is 0.220 e. The molecule has 0 aromatic carbocycles. The van der Waals surface area contributed by atoms with Crippen LogP contribution in [-0.4, -0.2) is 40.9 Å². The van der Waals surface area contributed by atoms with Crippen molar-refractivity contribution in [3.05, 3.63) is 0 Å². The Kier molecular flexibility index (Phi) is 18.3. The fraction of sp³-hybridized carbons (Fsp3) is 0.955. The van der Waals surface area contributed by atoms with E-state index < -0.39 is 12.1 Å². The topological polar surface area (TPSA) is 95.6 Å². The summed E-state index contributed by atoms with van der Waals surface area (Å²) in [7, 11) is 0. The molecule has 0 saturated carbocycles. The van der Waals surface area contributed by atoms with Gasteiger partial charge >= 0.3 is 0 Å². The van der Waals surface area contributed by atoms with Crippen LogP contribution in [-0.2, 0) is 4.79 Å². The molecule has 0 rings (SSSR count). The van der Waals surface area contributed by atoms with Gasteiger partial charge in [-0.3, -0.25) is 4.79 Å². The van der Waals surface area contributed by atoms with E-state index in [1.807, 2.05) is 6.92 Å². The van der Waals surface area contributed by atoms with Gasteiger partial charge in [-0.25, -0.2) is 0 Å². The fourth-order valence-electron chi connectivity index (χ4n) is 3.44. The van der Waals surface area contributed by atoms with Crippen molar-refractivity contribution in [3.8, 4) is 0 Å². The first-order valence-electron chi connectivity index (χ1n) is 11.4. The monoisotopic (exact) mass is 386 g/mol. The van der Waals surface area contributed by atoms with Gasteiger partial charge in [0, 0.05) is 12.5 Å². The second-order valence-electron chi connectivity index (χ2n) is 7.90. The molecule has 0 bridgehead atoms. The number of carbonyl (C=O) groups is 1. The first-order valence-corrected chi connectivity index (χ1v) is 11.4. The summed E-state index contributed by atoms with van der Waals surface area (Å²) in [6.07, 6.45) is 16.9. The summed E-state index contributed by atoms with van der Waals surface area (Å²) in [5.41, 5.74) is 5.88. The Morgan fingerprint density at radius 1 is 0.852 bits per heavy atom. The molecule has 0 aliphatic carbocycles. The van der Waals surface area contributed by atoms with E-state index in [9.17, 15) is 9.90 Å². The maximum atomic E-state index is 12.0. The van der Waals surface area contributed by atoms with Crippen molar-refractivity contribution in [2.24, 2.45) is 5.73 Å². The first kappa shape index (κ1) is 26.4. The number of unbranched alkanes of at least 4 members (excludes halogenated alkanes) is 12. The summed E-state index contributed by atoms with van der Waals surface area (Å²) in [5, 5.41) is 21.5. The van der Waals surface area contributed by atoms with E-state index in [0.717, 1.165) is 12.8 Å². The summed E-state index contributed by atoms with van der Waals surface area (Å²) in [6.45, 7) is 3.79. The van der Waals surface area contributed by atoms with Crippen LogP contribution in [0.3, 0.4) is 0 Å². The van der Waals surface area contributed by atoms with Gasteiger partial charge in [0.2, 0.25) is 5.91 Å². The first-order chi connectivity index (χ1) is 13.1. The molecule has 0 radical (unpaired) electrons. The molecule has 3 atom stereocenters. The van der Waals surface area contributed by atoms with E-state index >= 15 is 0 Å². The SMILES string of the molecule is CCCCCCCCCCCCCCCC(=O)NC(CC)C(N)C(O)CO. The fourth-order valence-corrected chi connectivity index (χ4v) is 3.44. The van der Waals surface area contributed by atoms with E-state index in [1.165, 1.54) is 70.6 Å². The normalized spacial score (nSPS) is 14.7. The van der Waals surface area contributed by atoms with E-state index in [0.29, 0.717) is 12.8 Å². The van der Waals surface area contributed by atoms with Crippen molar-refractivity contribution in [1.29, 1.82) is 0 Å². The molecule has 0 saturated heterocycles. The maximum absolute atomic E-state index is 12.0. The van der Waals surface area contributed by atoms with Gasteiger partial charge in [0.15, 0.2) is 0 Å². The van der Waals surface area contributed by atoms with Crippen LogP contribution in [0.25, 0.3) is 0 Å². The average Bonchev–Trinajstić information content (AvgIpc) is 2.68. The van der Waals surface area contributed by atoms with Crippen LogP contribution in [0, 0.1) is 0 Å². The van der Waals surface area contributed by atoms with Crippen LogP contribution in [0.2, 0.25) is 0 Å². The molecule has 5 heteroatoms. The third-order valence-electron chi connectivity index (χ3n) is 5.39. The minimum atomic E-state index is -0.994. The number of carbonyl (C=O) groups excluding carboxylic acids is 1. The van der Waals surface area contributed by atoms with Gasteiger partial charge in [0.1, 0.15) is 0 Å². The summed E-state index contributed by atoms with van der Waals surface area (Å²) in [6, 6.07) is -0.919. The Bertz CT molecular complexity index is 340. The Morgan fingerprint density at radius 3 is 1.70 bits per heavy atom. The van der Waals surface area contributed by atoms with Crippen LogP contribution in [0.4, 0.5) is 0 Å². The lowest BCUT2D eigenvalue weighted by molar-refractivity contribution is -0.122. The van der Waals surface area contributed by atoms with Crippen molar-refractivity contribution in [2.75, 3.05) is 6.61 Å². The number of rotatable bonds is 19. The molecular weight excluding hydrogens is 340 g/mol. The molecule has 3 unspecified atom stereocenters. The zero-order valence-corrected chi connectivity index (χ0v) is 17.9. The molecule has 5 N–H and O–H groups in total. The second-order valence-corrected chi connectivity index (χ2v) is 7.90. The molecule has 0 fully saturated rings. The van der Waals surface area contributed by atoms with Crippen LogP contribution >= 0.6 is 0 Å². The highest BCUT2D eigenvalue weighted by Gasteiger charge is 2.24. The Balaban J connectivity index is 3.52. The highest BCUT2D eigenvalue weighted by molar-refractivity contribution is 5.76. The summed E-state index contributed by atoms with van der Waals surface area (Å²) < 4.78 is 0. The molecule has 1 amide bonds. The zero-order chi connectivity index (χ0) is 20.3.